The van der Waals surface area contributed by atoms with Crippen molar-refractivity contribution in [2.45, 2.75) is 13.8 Å². The van der Waals surface area contributed by atoms with Crippen molar-refractivity contribution >= 4 is 0 Å². The quantitative estimate of drug-likeness (QED) is 0.540. The van der Waals surface area contributed by atoms with Crippen LogP contribution in [0.2, 0.25) is 0 Å². The number of hydrogen-bond acceptors (Lipinski definition) is 3. The van der Waals surface area contributed by atoms with Gasteiger partial charge in [-0.1, -0.05) is 13.8 Å². The minimum atomic E-state index is 0.542. The molecule has 0 fully saturated rings. The SMILES string of the molecule is CC.N#Cc1ccnnc1. The standard InChI is InChI=1S/C5H3N3.C2H6/c6-3-5-1-2-7-8-4-5;1-2/h1-2,4H;1-2H3. The lowest BCUT2D eigenvalue weighted by atomic mass is 10.4. The molecule has 1 aromatic rings. The van der Waals surface area contributed by atoms with Crippen LogP contribution in [0, 0.1) is 11.3 Å². The van der Waals surface area contributed by atoms with Crippen molar-refractivity contribution < 1.29 is 0 Å². The van der Waals surface area contributed by atoms with Crippen LogP contribution in [0.25, 0.3) is 0 Å². The second kappa shape index (κ2) is 5.70. The highest BCUT2D eigenvalue weighted by atomic mass is 15.1. The largest absolute Gasteiger partial charge is 0.192 e. The predicted molar refractivity (Wildman–Crippen MR) is 38.1 cm³/mol. The van der Waals surface area contributed by atoms with Gasteiger partial charge in [-0.25, -0.2) is 0 Å². The Kier molecular flexibility index (Phi) is 4.89. The smallest absolute Gasteiger partial charge is 0.101 e. The summed E-state index contributed by atoms with van der Waals surface area (Å²) in [7, 11) is 0. The lowest BCUT2D eigenvalue weighted by Crippen LogP contribution is -1.78. The highest BCUT2D eigenvalue weighted by molar-refractivity contribution is 5.21. The van der Waals surface area contributed by atoms with E-state index in [2.05, 4.69) is 10.2 Å². The molecule has 52 valence electrons. The Morgan fingerprint density at radius 3 is 2.40 bits per heavy atom. The van der Waals surface area contributed by atoms with E-state index in [1.165, 1.54) is 12.4 Å². The molecule has 0 unspecified atom stereocenters. The van der Waals surface area contributed by atoms with Crippen LogP contribution in [-0.2, 0) is 0 Å². The Balaban J connectivity index is 0.000000371. The second-order valence-electron chi connectivity index (χ2n) is 1.24. The molecule has 0 bridgehead atoms. The zero-order chi connectivity index (χ0) is 7.82. The molecule has 0 saturated carbocycles. The normalized spacial score (nSPS) is 6.90. The molecule has 0 amide bonds. The minimum Gasteiger partial charge on any atom is -0.192 e. The molecule has 0 radical (unpaired) electrons. The van der Waals surface area contributed by atoms with E-state index >= 15 is 0 Å². The summed E-state index contributed by atoms with van der Waals surface area (Å²) in [5.74, 6) is 0. The Bertz CT molecular complexity index is 200. The second-order valence-corrected chi connectivity index (χ2v) is 1.24. The van der Waals surface area contributed by atoms with E-state index in [1.54, 1.807) is 6.07 Å². The topological polar surface area (TPSA) is 49.6 Å². The summed E-state index contributed by atoms with van der Waals surface area (Å²) in [6.07, 6.45) is 2.90. The molecule has 1 rings (SSSR count). The van der Waals surface area contributed by atoms with E-state index < -0.39 is 0 Å². The number of hydrogen-bond donors (Lipinski definition) is 0. The van der Waals surface area contributed by atoms with Gasteiger partial charge in [0.15, 0.2) is 0 Å². The molecule has 0 aliphatic carbocycles. The first kappa shape index (κ1) is 8.57. The molecule has 1 heterocycles. The molecule has 3 heteroatoms. The van der Waals surface area contributed by atoms with Crippen molar-refractivity contribution in [3.05, 3.63) is 24.0 Å². The summed E-state index contributed by atoms with van der Waals surface area (Å²) in [5, 5.41) is 15.2. The molecule has 1 aromatic heterocycles. The van der Waals surface area contributed by atoms with Gasteiger partial charge in [0.25, 0.3) is 0 Å². The van der Waals surface area contributed by atoms with Gasteiger partial charge < -0.3 is 0 Å². The molecular weight excluding hydrogens is 126 g/mol. The van der Waals surface area contributed by atoms with Gasteiger partial charge in [0.2, 0.25) is 0 Å². The van der Waals surface area contributed by atoms with Crippen molar-refractivity contribution in [1.82, 2.24) is 10.2 Å². The number of aromatic nitrogens is 2. The van der Waals surface area contributed by atoms with Crippen LogP contribution in [-0.4, -0.2) is 10.2 Å². The van der Waals surface area contributed by atoms with E-state index in [0.717, 1.165) is 0 Å². The zero-order valence-corrected chi connectivity index (χ0v) is 6.07. The van der Waals surface area contributed by atoms with Crippen LogP contribution >= 0.6 is 0 Å². The van der Waals surface area contributed by atoms with Crippen molar-refractivity contribution in [1.29, 1.82) is 5.26 Å². The average Bonchev–Trinajstić information content (AvgIpc) is 2.10. The number of rotatable bonds is 0. The summed E-state index contributed by atoms with van der Waals surface area (Å²) in [6, 6.07) is 3.53. The molecule has 0 spiro atoms. The monoisotopic (exact) mass is 135 g/mol. The number of nitrogens with zero attached hydrogens (tertiary/aromatic N) is 3. The zero-order valence-electron chi connectivity index (χ0n) is 6.07. The third kappa shape index (κ3) is 2.78. The number of nitriles is 1. The summed E-state index contributed by atoms with van der Waals surface area (Å²) >= 11 is 0. The average molecular weight is 135 g/mol. The fourth-order valence-electron chi connectivity index (χ4n) is 0.357. The van der Waals surface area contributed by atoms with Crippen LogP contribution in [0.3, 0.4) is 0 Å². The van der Waals surface area contributed by atoms with Crippen molar-refractivity contribution in [2.24, 2.45) is 0 Å². The summed E-state index contributed by atoms with van der Waals surface area (Å²) < 4.78 is 0. The van der Waals surface area contributed by atoms with E-state index in [4.69, 9.17) is 5.26 Å². The molecule has 0 aromatic carbocycles. The Hall–Kier alpha value is -1.43. The van der Waals surface area contributed by atoms with Crippen molar-refractivity contribution in [3.8, 4) is 6.07 Å². The molecule has 0 atom stereocenters. The van der Waals surface area contributed by atoms with Crippen LogP contribution in [0.1, 0.15) is 19.4 Å². The lowest BCUT2D eigenvalue weighted by Gasteiger charge is -1.78. The van der Waals surface area contributed by atoms with Gasteiger partial charge in [0.05, 0.1) is 18.0 Å². The Morgan fingerprint density at radius 1 is 1.40 bits per heavy atom. The van der Waals surface area contributed by atoms with Crippen LogP contribution in [0.5, 0.6) is 0 Å². The molecular formula is C7H9N3. The molecule has 0 saturated heterocycles. The summed E-state index contributed by atoms with van der Waals surface area (Å²) in [4.78, 5) is 0. The van der Waals surface area contributed by atoms with E-state index in [1.807, 2.05) is 19.9 Å². The van der Waals surface area contributed by atoms with Gasteiger partial charge in [-0.2, -0.15) is 15.5 Å². The first-order chi connectivity index (χ1) is 4.93. The highest BCUT2D eigenvalue weighted by Crippen LogP contribution is 1.86. The summed E-state index contributed by atoms with van der Waals surface area (Å²) in [6.45, 7) is 4.00. The van der Waals surface area contributed by atoms with Crippen molar-refractivity contribution in [3.63, 3.8) is 0 Å². The third-order valence-corrected chi connectivity index (χ3v) is 0.713. The molecule has 3 nitrogen and oxygen atoms in total. The van der Waals surface area contributed by atoms with Gasteiger partial charge in [-0.15, -0.1) is 0 Å². The first-order valence-electron chi connectivity index (χ1n) is 3.10. The van der Waals surface area contributed by atoms with Crippen LogP contribution in [0.4, 0.5) is 0 Å². The van der Waals surface area contributed by atoms with Gasteiger partial charge in [0, 0.05) is 0 Å². The third-order valence-electron chi connectivity index (χ3n) is 0.713. The Labute approximate surface area is 60.3 Å². The fourth-order valence-corrected chi connectivity index (χ4v) is 0.357. The minimum absolute atomic E-state index is 0.542. The lowest BCUT2D eigenvalue weighted by molar-refractivity contribution is 1.02. The molecule has 0 aliphatic heterocycles. The molecule has 0 aliphatic rings. The van der Waals surface area contributed by atoms with Crippen molar-refractivity contribution in [2.75, 3.05) is 0 Å². The van der Waals surface area contributed by atoms with Crippen LogP contribution < -0.4 is 0 Å². The van der Waals surface area contributed by atoms with E-state index in [-0.39, 0.29) is 0 Å². The maximum atomic E-state index is 8.22. The van der Waals surface area contributed by atoms with Gasteiger partial charge >= 0.3 is 0 Å². The molecule has 0 N–H and O–H groups in total. The summed E-state index contributed by atoms with van der Waals surface area (Å²) in [5.41, 5.74) is 0.542. The van der Waals surface area contributed by atoms with Crippen LogP contribution in [0.15, 0.2) is 18.5 Å². The van der Waals surface area contributed by atoms with E-state index in [0.29, 0.717) is 5.56 Å². The fraction of sp³-hybridized carbons (Fsp3) is 0.286. The Morgan fingerprint density at radius 2 is 2.10 bits per heavy atom. The maximum absolute atomic E-state index is 8.22. The predicted octanol–water partition coefficient (Wildman–Crippen LogP) is 1.37. The highest BCUT2D eigenvalue weighted by Gasteiger charge is 1.81. The van der Waals surface area contributed by atoms with Gasteiger partial charge in [-0.3, -0.25) is 0 Å². The van der Waals surface area contributed by atoms with E-state index in [9.17, 15) is 0 Å². The molecule has 10 heavy (non-hydrogen) atoms. The van der Waals surface area contributed by atoms with Gasteiger partial charge in [-0.05, 0) is 6.07 Å². The first-order valence-corrected chi connectivity index (χ1v) is 3.10. The van der Waals surface area contributed by atoms with Gasteiger partial charge in [0.1, 0.15) is 6.07 Å². The maximum Gasteiger partial charge on any atom is 0.101 e.